The predicted octanol–water partition coefficient (Wildman–Crippen LogP) is 2.88. The molecular formula is C14H24N6. The van der Waals surface area contributed by atoms with E-state index in [2.05, 4.69) is 58.5 Å². The minimum Gasteiger partial charge on any atom is -0.369 e. The molecule has 0 atom stereocenters. The first kappa shape index (κ1) is 14.6. The average molecular weight is 276 g/mol. The molecule has 2 rings (SSSR count). The number of fused-ring (bicyclic) bond motifs is 1. The second kappa shape index (κ2) is 5.64. The fourth-order valence-corrected chi connectivity index (χ4v) is 1.72. The Labute approximate surface area is 119 Å². The Morgan fingerprint density at radius 2 is 2.00 bits per heavy atom. The number of H-pyrrole nitrogens is 1. The molecule has 0 unspecified atom stereocenters. The van der Waals surface area contributed by atoms with E-state index >= 15 is 0 Å². The van der Waals surface area contributed by atoms with Crippen molar-refractivity contribution in [1.29, 1.82) is 0 Å². The third-order valence-electron chi connectivity index (χ3n) is 3.92. The van der Waals surface area contributed by atoms with Crippen LogP contribution in [-0.2, 0) is 0 Å². The molecule has 0 saturated carbocycles. The number of nitrogens with one attached hydrogen (secondary N) is 3. The Morgan fingerprint density at radius 3 is 2.65 bits per heavy atom. The van der Waals surface area contributed by atoms with Crippen molar-refractivity contribution < 1.29 is 0 Å². The van der Waals surface area contributed by atoms with Gasteiger partial charge in [-0.1, -0.05) is 27.7 Å². The molecule has 0 aromatic carbocycles. The Hall–Kier alpha value is -1.85. The number of anilines is 2. The van der Waals surface area contributed by atoms with Crippen LogP contribution < -0.4 is 10.6 Å². The second-order valence-electron chi connectivity index (χ2n) is 6.06. The predicted molar refractivity (Wildman–Crippen MR) is 83.0 cm³/mol. The molecule has 0 aliphatic heterocycles. The molecular weight excluding hydrogens is 252 g/mol. The summed E-state index contributed by atoms with van der Waals surface area (Å²) in [6.07, 6.45) is 1.76. The van der Waals surface area contributed by atoms with Gasteiger partial charge in [-0.25, -0.2) is 0 Å². The van der Waals surface area contributed by atoms with E-state index in [1.54, 1.807) is 6.20 Å². The lowest BCUT2D eigenvalue weighted by molar-refractivity contribution is 0.269. The summed E-state index contributed by atoms with van der Waals surface area (Å²) in [5.41, 5.74) is 0.945. The maximum Gasteiger partial charge on any atom is 0.226 e. The lowest BCUT2D eigenvalue weighted by atomic mass is 9.81. The van der Waals surface area contributed by atoms with Crippen molar-refractivity contribution in [2.45, 2.75) is 34.6 Å². The van der Waals surface area contributed by atoms with Crippen LogP contribution in [0.4, 0.5) is 11.8 Å². The lowest BCUT2D eigenvalue weighted by Crippen LogP contribution is -2.29. The minimum absolute atomic E-state index is 0.194. The van der Waals surface area contributed by atoms with E-state index in [1.165, 1.54) is 0 Å². The van der Waals surface area contributed by atoms with E-state index in [0.717, 1.165) is 29.9 Å². The number of nitrogens with zero attached hydrogens (tertiary/aromatic N) is 3. The van der Waals surface area contributed by atoms with Gasteiger partial charge in [0.15, 0.2) is 5.65 Å². The number of hydrogen-bond donors (Lipinski definition) is 3. The van der Waals surface area contributed by atoms with Crippen LogP contribution in [0.1, 0.15) is 34.6 Å². The molecule has 110 valence electrons. The van der Waals surface area contributed by atoms with Crippen molar-refractivity contribution in [2.24, 2.45) is 11.3 Å². The zero-order valence-corrected chi connectivity index (χ0v) is 12.9. The van der Waals surface area contributed by atoms with Gasteiger partial charge in [-0.15, -0.1) is 0 Å². The average Bonchev–Trinajstić information content (AvgIpc) is 2.84. The number of aromatic amines is 1. The molecule has 0 aliphatic rings. The molecule has 6 heteroatoms. The number of hydrogen-bond acceptors (Lipinski definition) is 5. The molecule has 0 fully saturated rings. The monoisotopic (exact) mass is 276 g/mol. The standard InChI is InChI=1S/C14H24N6/c1-6-15-13-18-11(10-7-17-20-12(10)19-13)16-8-14(4,5)9(2)3/h7,9H,6,8H2,1-5H3,(H3,15,16,17,18,19,20). The van der Waals surface area contributed by atoms with Crippen molar-refractivity contribution in [1.82, 2.24) is 20.2 Å². The molecule has 0 bridgehead atoms. The Morgan fingerprint density at radius 1 is 1.25 bits per heavy atom. The maximum absolute atomic E-state index is 4.53. The molecule has 0 amide bonds. The molecule has 0 saturated heterocycles. The van der Waals surface area contributed by atoms with Crippen molar-refractivity contribution in [3.05, 3.63) is 6.20 Å². The van der Waals surface area contributed by atoms with Gasteiger partial charge in [-0.3, -0.25) is 5.10 Å². The summed E-state index contributed by atoms with van der Waals surface area (Å²) >= 11 is 0. The van der Waals surface area contributed by atoms with E-state index in [4.69, 9.17) is 0 Å². The van der Waals surface area contributed by atoms with Gasteiger partial charge in [0.25, 0.3) is 0 Å². The maximum atomic E-state index is 4.53. The third kappa shape index (κ3) is 3.00. The van der Waals surface area contributed by atoms with Crippen LogP contribution >= 0.6 is 0 Å². The smallest absolute Gasteiger partial charge is 0.226 e. The van der Waals surface area contributed by atoms with Crippen molar-refractivity contribution in [3.63, 3.8) is 0 Å². The fraction of sp³-hybridized carbons (Fsp3) is 0.643. The van der Waals surface area contributed by atoms with Gasteiger partial charge in [0.1, 0.15) is 5.82 Å². The van der Waals surface area contributed by atoms with Crippen LogP contribution in [0.25, 0.3) is 11.0 Å². The van der Waals surface area contributed by atoms with E-state index in [9.17, 15) is 0 Å². The summed E-state index contributed by atoms with van der Waals surface area (Å²) in [5.74, 6) is 2.03. The molecule has 6 nitrogen and oxygen atoms in total. The minimum atomic E-state index is 0.194. The summed E-state index contributed by atoms with van der Waals surface area (Å²) in [6.45, 7) is 12.6. The number of aromatic nitrogens is 4. The van der Waals surface area contributed by atoms with Gasteiger partial charge in [0.05, 0.1) is 11.6 Å². The largest absolute Gasteiger partial charge is 0.369 e. The van der Waals surface area contributed by atoms with Gasteiger partial charge in [-0.05, 0) is 18.3 Å². The van der Waals surface area contributed by atoms with Crippen LogP contribution in [-0.4, -0.2) is 33.3 Å². The van der Waals surface area contributed by atoms with E-state index in [0.29, 0.717) is 11.9 Å². The molecule has 2 heterocycles. The zero-order valence-electron chi connectivity index (χ0n) is 12.9. The summed E-state index contributed by atoms with van der Waals surface area (Å²) in [4.78, 5) is 8.92. The van der Waals surface area contributed by atoms with Gasteiger partial charge in [-0.2, -0.15) is 15.1 Å². The van der Waals surface area contributed by atoms with Crippen LogP contribution in [0.5, 0.6) is 0 Å². The molecule has 20 heavy (non-hydrogen) atoms. The highest BCUT2D eigenvalue weighted by Gasteiger charge is 2.22. The molecule has 2 aromatic rings. The third-order valence-corrected chi connectivity index (χ3v) is 3.92. The highest BCUT2D eigenvalue weighted by Crippen LogP contribution is 2.27. The fourth-order valence-electron chi connectivity index (χ4n) is 1.72. The topological polar surface area (TPSA) is 78.5 Å². The normalized spacial score (nSPS) is 12.1. The van der Waals surface area contributed by atoms with Gasteiger partial charge in [0, 0.05) is 13.1 Å². The van der Waals surface area contributed by atoms with Gasteiger partial charge >= 0.3 is 0 Å². The Balaban J connectivity index is 2.26. The first-order valence-electron chi connectivity index (χ1n) is 7.13. The van der Waals surface area contributed by atoms with Gasteiger partial charge in [0.2, 0.25) is 5.95 Å². The first-order chi connectivity index (χ1) is 9.44. The first-order valence-corrected chi connectivity index (χ1v) is 7.13. The van der Waals surface area contributed by atoms with Crippen molar-refractivity contribution >= 4 is 22.8 Å². The molecule has 0 radical (unpaired) electrons. The quantitative estimate of drug-likeness (QED) is 0.756. The SMILES string of the molecule is CCNc1nc(NCC(C)(C)C(C)C)c2cn[nH]c2n1. The Bertz CT molecular complexity index is 572. The molecule has 3 N–H and O–H groups in total. The van der Waals surface area contributed by atoms with Crippen molar-refractivity contribution in [3.8, 4) is 0 Å². The molecule has 2 aromatic heterocycles. The summed E-state index contributed by atoms with van der Waals surface area (Å²) < 4.78 is 0. The lowest BCUT2D eigenvalue weighted by Gasteiger charge is -2.29. The van der Waals surface area contributed by atoms with E-state index < -0.39 is 0 Å². The molecule has 0 aliphatic carbocycles. The number of rotatable bonds is 6. The summed E-state index contributed by atoms with van der Waals surface area (Å²) in [5, 5.41) is 14.5. The molecule has 0 spiro atoms. The van der Waals surface area contributed by atoms with Crippen LogP contribution in [0.2, 0.25) is 0 Å². The highest BCUT2D eigenvalue weighted by atomic mass is 15.2. The summed E-state index contributed by atoms with van der Waals surface area (Å²) in [7, 11) is 0. The van der Waals surface area contributed by atoms with Crippen LogP contribution in [0.3, 0.4) is 0 Å². The van der Waals surface area contributed by atoms with Crippen molar-refractivity contribution in [2.75, 3.05) is 23.7 Å². The zero-order chi connectivity index (χ0) is 14.8. The highest BCUT2D eigenvalue weighted by molar-refractivity contribution is 5.86. The van der Waals surface area contributed by atoms with Crippen LogP contribution in [0, 0.1) is 11.3 Å². The van der Waals surface area contributed by atoms with Gasteiger partial charge < -0.3 is 10.6 Å². The van der Waals surface area contributed by atoms with E-state index in [-0.39, 0.29) is 5.41 Å². The van der Waals surface area contributed by atoms with E-state index in [1.807, 2.05) is 6.92 Å². The van der Waals surface area contributed by atoms with Crippen LogP contribution in [0.15, 0.2) is 6.20 Å². The summed E-state index contributed by atoms with van der Waals surface area (Å²) in [6, 6.07) is 0. The Kier molecular flexibility index (Phi) is 4.11. The second-order valence-corrected chi connectivity index (χ2v) is 6.06.